The van der Waals surface area contributed by atoms with Crippen molar-refractivity contribution in [1.29, 1.82) is 5.26 Å². The predicted octanol–water partition coefficient (Wildman–Crippen LogP) is 4.02. The number of nitrogens with zero attached hydrogens (tertiary/aromatic N) is 4. The molecule has 2 atom stereocenters. The Hall–Kier alpha value is -2.60. The number of hydrogen-bond donors (Lipinski definition) is 0. The molecule has 2 aromatic rings. The van der Waals surface area contributed by atoms with E-state index in [1.807, 2.05) is 0 Å². The van der Waals surface area contributed by atoms with Crippen LogP contribution in [0.4, 0.5) is 10.5 Å². The maximum Gasteiger partial charge on any atom is 0.332 e. The van der Waals surface area contributed by atoms with Crippen LogP contribution in [0.15, 0.2) is 42.5 Å². The van der Waals surface area contributed by atoms with Crippen LogP contribution in [0.3, 0.4) is 0 Å². The highest BCUT2D eigenvalue weighted by Crippen LogP contribution is 2.46. The molecule has 0 bridgehead atoms. The van der Waals surface area contributed by atoms with E-state index in [1.54, 1.807) is 36.2 Å². The predicted molar refractivity (Wildman–Crippen MR) is 124 cm³/mol. The van der Waals surface area contributed by atoms with Gasteiger partial charge in [0.25, 0.3) is 5.91 Å². The number of halogens is 3. The maximum atomic E-state index is 13.9. The third kappa shape index (κ3) is 3.45. The van der Waals surface area contributed by atoms with Crippen molar-refractivity contribution in [3.05, 3.63) is 63.6 Å². The van der Waals surface area contributed by atoms with Gasteiger partial charge in [-0.15, -0.1) is 0 Å². The molecule has 4 amide bonds. The van der Waals surface area contributed by atoms with Gasteiger partial charge in [0.2, 0.25) is 5.91 Å². The Morgan fingerprint density at radius 1 is 1.19 bits per heavy atom. The van der Waals surface area contributed by atoms with Crippen molar-refractivity contribution >= 4 is 62.7 Å². The standard InChI is InChI=1S/C22H17BrCl2N4O3/c1-27-21(32)29(17-7-15(24)6-16(25)8-17)20(31)22(27)12-28(19(30)9-23)11-18(22)14-4-2-13(10-26)3-5-14/h2-8,18H,9,11-12H2,1H3. The summed E-state index contributed by atoms with van der Waals surface area (Å²) in [4.78, 5) is 43.8. The first-order valence-corrected chi connectivity index (χ1v) is 11.5. The van der Waals surface area contributed by atoms with Crippen LogP contribution >= 0.6 is 39.1 Å². The Balaban J connectivity index is 1.84. The second-order valence-corrected chi connectivity index (χ2v) is 9.16. The number of benzene rings is 2. The van der Waals surface area contributed by atoms with Crippen molar-refractivity contribution < 1.29 is 14.4 Å². The van der Waals surface area contributed by atoms with E-state index in [0.717, 1.165) is 10.5 Å². The molecular formula is C22H17BrCl2N4O3. The van der Waals surface area contributed by atoms with Gasteiger partial charge in [-0.25, -0.2) is 9.69 Å². The molecule has 2 fully saturated rings. The summed E-state index contributed by atoms with van der Waals surface area (Å²) in [6.07, 6.45) is 0. The van der Waals surface area contributed by atoms with Gasteiger partial charge in [-0.1, -0.05) is 51.3 Å². The molecule has 2 aliphatic rings. The molecule has 164 valence electrons. The summed E-state index contributed by atoms with van der Waals surface area (Å²) in [5.74, 6) is -1.12. The second-order valence-electron chi connectivity index (χ2n) is 7.73. The Kier molecular flexibility index (Phi) is 5.93. The summed E-state index contributed by atoms with van der Waals surface area (Å²) in [5, 5.41) is 9.82. The summed E-state index contributed by atoms with van der Waals surface area (Å²) in [7, 11) is 1.56. The van der Waals surface area contributed by atoms with E-state index in [9.17, 15) is 14.4 Å². The molecule has 0 saturated carbocycles. The Morgan fingerprint density at radius 3 is 2.38 bits per heavy atom. The highest BCUT2D eigenvalue weighted by Gasteiger charge is 2.64. The number of likely N-dealkylation sites (tertiary alicyclic amines) is 1. The van der Waals surface area contributed by atoms with Crippen LogP contribution < -0.4 is 4.90 Å². The van der Waals surface area contributed by atoms with Gasteiger partial charge in [0, 0.05) is 29.6 Å². The maximum absolute atomic E-state index is 13.9. The number of hydrogen-bond acceptors (Lipinski definition) is 4. The van der Waals surface area contributed by atoms with E-state index in [1.165, 1.54) is 23.1 Å². The Morgan fingerprint density at radius 2 is 1.81 bits per heavy atom. The Labute approximate surface area is 203 Å². The van der Waals surface area contributed by atoms with Gasteiger partial charge < -0.3 is 9.80 Å². The lowest BCUT2D eigenvalue weighted by atomic mass is 9.80. The quantitative estimate of drug-likeness (QED) is 0.439. The van der Waals surface area contributed by atoms with Gasteiger partial charge in [0.1, 0.15) is 5.54 Å². The molecule has 0 N–H and O–H groups in total. The van der Waals surface area contributed by atoms with E-state index in [2.05, 4.69) is 22.0 Å². The van der Waals surface area contributed by atoms with Crippen LogP contribution in [0.5, 0.6) is 0 Å². The first kappa shape index (κ1) is 22.6. The largest absolute Gasteiger partial charge is 0.338 e. The lowest BCUT2D eigenvalue weighted by molar-refractivity contribution is -0.128. The topological polar surface area (TPSA) is 84.7 Å². The molecule has 2 aliphatic heterocycles. The fraction of sp³-hybridized carbons (Fsp3) is 0.273. The van der Waals surface area contributed by atoms with Crippen molar-refractivity contribution in [3.8, 4) is 6.07 Å². The number of imide groups is 1. The molecule has 7 nitrogen and oxygen atoms in total. The minimum absolute atomic E-state index is 0.0496. The highest BCUT2D eigenvalue weighted by molar-refractivity contribution is 9.09. The third-order valence-electron chi connectivity index (χ3n) is 6.08. The number of nitriles is 1. The molecule has 0 aromatic heterocycles. The van der Waals surface area contributed by atoms with E-state index in [0.29, 0.717) is 15.6 Å². The molecule has 2 heterocycles. The van der Waals surface area contributed by atoms with Crippen molar-refractivity contribution in [2.75, 3.05) is 30.4 Å². The molecule has 2 aromatic carbocycles. The minimum atomic E-state index is -1.31. The number of anilines is 1. The number of carbonyl (C=O) groups excluding carboxylic acids is 3. The molecule has 1 spiro atoms. The molecule has 0 radical (unpaired) electrons. The first-order chi connectivity index (χ1) is 15.2. The molecule has 4 rings (SSSR count). The summed E-state index contributed by atoms with van der Waals surface area (Å²) >= 11 is 15.4. The summed E-state index contributed by atoms with van der Waals surface area (Å²) in [6.45, 7) is 0.303. The molecular weight excluding hydrogens is 519 g/mol. The zero-order valence-electron chi connectivity index (χ0n) is 16.9. The monoisotopic (exact) mass is 534 g/mol. The van der Waals surface area contributed by atoms with Gasteiger partial charge in [0.05, 0.1) is 29.2 Å². The van der Waals surface area contributed by atoms with E-state index in [-0.39, 0.29) is 30.0 Å². The van der Waals surface area contributed by atoms with Crippen LogP contribution in [0, 0.1) is 11.3 Å². The highest BCUT2D eigenvalue weighted by atomic mass is 79.9. The van der Waals surface area contributed by atoms with E-state index < -0.39 is 23.4 Å². The Bertz CT molecular complexity index is 1150. The average molecular weight is 536 g/mol. The summed E-state index contributed by atoms with van der Waals surface area (Å²) in [5.41, 5.74) is 0.196. The lowest BCUT2D eigenvalue weighted by Gasteiger charge is -2.33. The molecule has 32 heavy (non-hydrogen) atoms. The average Bonchev–Trinajstić information content (AvgIpc) is 3.26. The first-order valence-electron chi connectivity index (χ1n) is 9.65. The molecule has 10 heteroatoms. The van der Waals surface area contributed by atoms with Crippen LogP contribution in [0.25, 0.3) is 0 Å². The van der Waals surface area contributed by atoms with E-state index in [4.69, 9.17) is 28.5 Å². The van der Waals surface area contributed by atoms with Crippen molar-refractivity contribution in [1.82, 2.24) is 9.80 Å². The molecule has 0 aliphatic carbocycles. The van der Waals surface area contributed by atoms with Crippen LogP contribution in [0.1, 0.15) is 17.0 Å². The van der Waals surface area contributed by atoms with Gasteiger partial charge in [-0.3, -0.25) is 9.59 Å². The van der Waals surface area contributed by atoms with E-state index >= 15 is 0 Å². The normalized spacial score (nSPS) is 22.7. The number of alkyl halides is 1. The number of amides is 4. The SMILES string of the molecule is CN1C(=O)N(c2cc(Cl)cc(Cl)c2)C(=O)C12CN(C(=O)CBr)CC2c1ccc(C#N)cc1. The lowest BCUT2D eigenvalue weighted by Crippen LogP contribution is -2.54. The van der Waals surface area contributed by atoms with Crippen molar-refractivity contribution in [3.63, 3.8) is 0 Å². The van der Waals surface area contributed by atoms with Gasteiger partial charge >= 0.3 is 6.03 Å². The summed E-state index contributed by atoms with van der Waals surface area (Å²) in [6, 6.07) is 12.9. The number of likely N-dealkylation sites (N-methyl/N-ethyl adjacent to an activating group) is 1. The molecule has 2 unspecified atom stereocenters. The minimum Gasteiger partial charge on any atom is -0.338 e. The van der Waals surface area contributed by atoms with Crippen LogP contribution in [-0.2, 0) is 9.59 Å². The zero-order valence-corrected chi connectivity index (χ0v) is 20.0. The van der Waals surface area contributed by atoms with Crippen molar-refractivity contribution in [2.45, 2.75) is 11.5 Å². The summed E-state index contributed by atoms with van der Waals surface area (Å²) < 4.78 is 0. The van der Waals surface area contributed by atoms with Crippen LogP contribution in [0.2, 0.25) is 10.0 Å². The second kappa shape index (κ2) is 8.39. The van der Waals surface area contributed by atoms with Gasteiger partial charge in [-0.2, -0.15) is 5.26 Å². The number of rotatable bonds is 3. The number of urea groups is 1. The van der Waals surface area contributed by atoms with Crippen molar-refractivity contribution in [2.24, 2.45) is 0 Å². The smallest absolute Gasteiger partial charge is 0.332 e. The molecule has 2 saturated heterocycles. The zero-order chi connectivity index (χ0) is 23.2. The fourth-order valence-electron chi connectivity index (χ4n) is 4.48. The third-order valence-corrected chi connectivity index (χ3v) is 6.99. The van der Waals surface area contributed by atoms with Gasteiger partial charge in [0.15, 0.2) is 0 Å². The fourth-order valence-corrected chi connectivity index (χ4v) is 5.35. The van der Waals surface area contributed by atoms with Crippen LogP contribution in [-0.4, -0.2) is 58.7 Å². The van der Waals surface area contributed by atoms with Gasteiger partial charge in [-0.05, 0) is 35.9 Å². The number of carbonyl (C=O) groups is 3.